The van der Waals surface area contributed by atoms with Gasteiger partial charge in [-0.1, -0.05) is 30.1 Å². The van der Waals surface area contributed by atoms with Gasteiger partial charge >= 0.3 is 5.97 Å². The molecule has 1 rings (SSSR count). The molecule has 1 heterocycles. The van der Waals surface area contributed by atoms with E-state index >= 15 is 0 Å². The molecule has 2 N–H and O–H groups in total. The summed E-state index contributed by atoms with van der Waals surface area (Å²) in [7, 11) is 0. The first kappa shape index (κ1) is 12.8. The molecule has 0 aromatic carbocycles. The molecule has 1 aromatic rings. The predicted octanol–water partition coefficient (Wildman–Crippen LogP) is 2.36. The summed E-state index contributed by atoms with van der Waals surface area (Å²) < 4.78 is 13.0. The van der Waals surface area contributed by atoms with E-state index in [0.29, 0.717) is 0 Å². The molecule has 0 amide bonds. The normalized spacial score (nSPS) is 10.0. The van der Waals surface area contributed by atoms with Crippen molar-refractivity contribution in [2.75, 3.05) is 5.73 Å². The number of aromatic nitrogens is 1. The van der Waals surface area contributed by atoms with Crippen molar-refractivity contribution in [3.05, 3.63) is 16.0 Å². The number of nitrogens with zero attached hydrogens (tertiary/aromatic N) is 1. The number of rotatable bonds is 3. The van der Waals surface area contributed by atoms with E-state index in [1.807, 2.05) is 0 Å². The van der Waals surface area contributed by atoms with Gasteiger partial charge in [-0.3, -0.25) is 4.89 Å². The van der Waals surface area contributed by atoms with Gasteiger partial charge < -0.3 is 5.73 Å². The van der Waals surface area contributed by atoms with E-state index in [2.05, 4.69) is 14.8 Å². The van der Waals surface area contributed by atoms with Crippen LogP contribution in [-0.4, -0.2) is 11.0 Å². The van der Waals surface area contributed by atoms with Crippen molar-refractivity contribution in [1.82, 2.24) is 4.98 Å². The van der Waals surface area contributed by atoms with Crippen molar-refractivity contribution in [3.8, 4) is 5.88 Å². The molecule has 16 heavy (non-hydrogen) atoms. The molecule has 8 heteroatoms. The van der Waals surface area contributed by atoms with Crippen LogP contribution in [0, 0.1) is 5.95 Å². The Morgan fingerprint density at radius 1 is 1.50 bits per heavy atom. The molecule has 0 atom stereocenters. The maximum Gasteiger partial charge on any atom is 0.355 e. The number of hydrogen-bond acceptors (Lipinski definition) is 5. The fourth-order valence-electron chi connectivity index (χ4n) is 0.710. The highest BCUT2D eigenvalue weighted by molar-refractivity contribution is 6.39. The Bertz CT molecular complexity index is 428. The molecule has 88 valence electrons. The molecule has 0 aliphatic heterocycles. The van der Waals surface area contributed by atoms with Gasteiger partial charge in [0, 0.05) is 6.42 Å². The van der Waals surface area contributed by atoms with Gasteiger partial charge in [0.25, 0.3) is 5.88 Å². The van der Waals surface area contributed by atoms with Crippen molar-refractivity contribution >= 4 is 34.9 Å². The lowest BCUT2D eigenvalue weighted by molar-refractivity contribution is -0.215. The van der Waals surface area contributed by atoms with E-state index < -0.39 is 22.8 Å². The van der Waals surface area contributed by atoms with Gasteiger partial charge in [-0.05, 0) is 0 Å². The van der Waals surface area contributed by atoms with Crippen LogP contribution in [0.3, 0.4) is 0 Å². The van der Waals surface area contributed by atoms with Crippen molar-refractivity contribution < 1.29 is 19.0 Å². The maximum absolute atomic E-state index is 13.0. The number of anilines is 1. The highest BCUT2D eigenvalue weighted by Gasteiger charge is 2.18. The number of halogens is 3. The number of carbonyl (C=O) groups excluding carboxylic acids is 1. The second-order valence-corrected chi connectivity index (χ2v) is 3.40. The first-order valence-electron chi connectivity index (χ1n) is 4.14. The molecule has 1 aromatic heterocycles. The molecular weight excluding hydrogens is 262 g/mol. The summed E-state index contributed by atoms with van der Waals surface area (Å²) in [4.78, 5) is 22.7. The van der Waals surface area contributed by atoms with E-state index in [9.17, 15) is 9.18 Å². The number of nitrogen functional groups attached to an aromatic ring is 1. The fraction of sp³-hybridized carbons (Fsp3) is 0.250. The van der Waals surface area contributed by atoms with Crippen LogP contribution in [0.5, 0.6) is 5.88 Å². The third-order valence-electron chi connectivity index (χ3n) is 1.54. The second kappa shape index (κ2) is 5.18. The highest BCUT2D eigenvalue weighted by atomic mass is 35.5. The van der Waals surface area contributed by atoms with Crippen LogP contribution in [0.1, 0.15) is 13.3 Å². The molecule has 0 bridgehead atoms. The van der Waals surface area contributed by atoms with Gasteiger partial charge in [0.2, 0.25) is 5.95 Å². The Morgan fingerprint density at radius 3 is 2.69 bits per heavy atom. The lowest BCUT2D eigenvalue weighted by atomic mass is 10.4. The van der Waals surface area contributed by atoms with Crippen molar-refractivity contribution in [3.63, 3.8) is 0 Å². The number of hydrogen-bond donors (Lipinski definition) is 1. The summed E-state index contributed by atoms with van der Waals surface area (Å²) in [5, 5.41) is -0.644. The standard InChI is InChI=1S/C8H7Cl2FN2O3/c1-2-3(14)15-16-8-5(10)6(12)4(9)7(11)13-8/h2H2,1H3,(H2,12,13). The van der Waals surface area contributed by atoms with E-state index in [1.54, 1.807) is 6.92 Å². The summed E-state index contributed by atoms with van der Waals surface area (Å²) in [5.74, 6) is -2.18. The maximum atomic E-state index is 13.0. The van der Waals surface area contributed by atoms with E-state index in [-0.39, 0.29) is 17.1 Å². The SMILES string of the molecule is CCC(=O)OOc1nc(F)c(Cl)c(N)c1Cl. The first-order chi connectivity index (χ1) is 7.47. The Morgan fingerprint density at radius 2 is 2.12 bits per heavy atom. The van der Waals surface area contributed by atoms with Crippen LogP contribution in [-0.2, 0) is 9.68 Å². The molecule has 0 spiro atoms. The summed E-state index contributed by atoms with van der Waals surface area (Å²) >= 11 is 11.1. The van der Waals surface area contributed by atoms with E-state index in [4.69, 9.17) is 28.9 Å². The second-order valence-electron chi connectivity index (χ2n) is 2.64. The summed E-state index contributed by atoms with van der Waals surface area (Å²) in [5.41, 5.74) is 5.12. The van der Waals surface area contributed by atoms with Crippen LogP contribution >= 0.6 is 23.2 Å². The largest absolute Gasteiger partial charge is 0.396 e. The minimum atomic E-state index is -1.06. The number of carbonyl (C=O) groups is 1. The van der Waals surface area contributed by atoms with E-state index in [1.165, 1.54) is 0 Å². The molecule has 0 fully saturated rings. The lowest BCUT2D eigenvalue weighted by Gasteiger charge is -2.07. The Kier molecular flexibility index (Phi) is 4.14. The third-order valence-corrected chi connectivity index (χ3v) is 2.27. The summed E-state index contributed by atoms with van der Waals surface area (Å²) in [6.45, 7) is 1.55. The zero-order chi connectivity index (χ0) is 12.3. The first-order valence-corrected chi connectivity index (χ1v) is 4.90. The quantitative estimate of drug-likeness (QED) is 0.518. The van der Waals surface area contributed by atoms with E-state index in [0.717, 1.165) is 0 Å². The van der Waals surface area contributed by atoms with Crippen LogP contribution in [0.2, 0.25) is 10.0 Å². The predicted molar refractivity (Wildman–Crippen MR) is 55.6 cm³/mol. The Labute approximate surface area is 100 Å². The smallest absolute Gasteiger partial charge is 0.355 e. The van der Waals surface area contributed by atoms with Gasteiger partial charge in [-0.2, -0.15) is 9.37 Å². The van der Waals surface area contributed by atoms with Crippen LogP contribution < -0.4 is 10.6 Å². The lowest BCUT2D eigenvalue weighted by Crippen LogP contribution is -2.08. The molecule has 0 aliphatic carbocycles. The van der Waals surface area contributed by atoms with Crippen LogP contribution in [0.15, 0.2) is 0 Å². The highest BCUT2D eigenvalue weighted by Crippen LogP contribution is 2.35. The minimum Gasteiger partial charge on any atom is -0.396 e. The molecule has 0 saturated carbocycles. The van der Waals surface area contributed by atoms with Crippen LogP contribution in [0.4, 0.5) is 10.1 Å². The van der Waals surface area contributed by atoms with Gasteiger partial charge in [-0.25, -0.2) is 9.68 Å². The van der Waals surface area contributed by atoms with Crippen molar-refractivity contribution in [2.45, 2.75) is 13.3 Å². The zero-order valence-electron chi connectivity index (χ0n) is 8.09. The molecular formula is C8H7Cl2FN2O3. The molecule has 0 aliphatic rings. The topological polar surface area (TPSA) is 74.4 Å². The van der Waals surface area contributed by atoms with Gasteiger partial charge in [0.05, 0.1) is 5.69 Å². The minimum absolute atomic E-state index is 0.0865. The molecule has 5 nitrogen and oxygen atoms in total. The fourth-order valence-corrected chi connectivity index (χ4v) is 1.06. The average Bonchev–Trinajstić information content (AvgIpc) is 2.28. The summed E-state index contributed by atoms with van der Waals surface area (Å²) in [6, 6.07) is 0. The van der Waals surface area contributed by atoms with Gasteiger partial charge in [0.1, 0.15) is 10.0 Å². The van der Waals surface area contributed by atoms with Gasteiger partial charge in [0.15, 0.2) is 0 Å². The molecule has 0 unspecified atom stereocenters. The van der Waals surface area contributed by atoms with Crippen molar-refractivity contribution in [1.29, 1.82) is 0 Å². The van der Waals surface area contributed by atoms with Gasteiger partial charge in [-0.15, -0.1) is 0 Å². The Hall–Kier alpha value is -1.27. The van der Waals surface area contributed by atoms with Crippen LogP contribution in [0.25, 0.3) is 0 Å². The number of pyridine rings is 1. The molecule has 0 saturated heterocycles. The number of nitrogens with two attached hydrogens (primary N) is 1. The Balaban J connectivity index is 2.93. The monoisotopic (exact) mass is 268 g/mol. The molecule has 0 radical (unpaired) electrons. The van der Waals surface area contributed by atoms with Crippen molar-refractivity contribution in [2.24, 2.45) is 0 Å². The average molecular weight is 269 g/mol. The third kappa shape index (κ3) is 2.65. The zero-order valence-corrected chi connectivity index (χ0v) is 9.60. The summed E-state index contributed by atoms with van der Waals surface area (Å²) in [6.07, 6.45) is 0.0865.